The third-order valence-electron chi connectivity index (χ3n) is 4.64. The molecular formula is C18H19N3O4. The molecule has 2 aliphatic rings. The number of anilines is 1. The second kappa shape index (κ2) is 6.58. The van der Waals surface area contributed by atoms with E-state index in [0.717, 1.165) is 42.9 Å². The van der Waals surface area contributed by atoms with Crippen molar-refractivity contribution in [1.29, 1.82) is 0 Å². The summed E-state index contributed by atoms with van der Waals surface area (Å²) in [5.74, 6) is 1.94. The molecule has 3 heterocycles. The molecule has 0 bridgehead atoms. The van der Waals surface area contributed by atoms with Crippen molar-refractivity contribution in [1.82, 2.24) is 4.98 Å². The Labute approximate surface area is 145 Å². The third kappa shape index (κ3) is 2.97. The summed E-state index contributed by atoms with van der Waals surface area (Å²) in [6.07, 6.45) is 4.35. The van der Waals surface area contributed by atoms with E-state index in [1.54, 1.807) is 12.3 Å². The van der Waals surface area contributed by atoms with Crippen LogP contribution in [0.4, 0.5) is 11.5 Å². The summed E-state index contributed by atoms with van der Waals surface area (Å²) >= 11 is 0. The van der Waals surface area contributed by atoms with Crippen molar-refractivity contribution < 1.29 is 14.4 Å². The van der Waals surface area contributed by atoms with Gasteiger partial charge in [-0.25, -0.2) is 4.98 Å². The number of nitro groups is 1. The van der Waals surface area contributed by atoms with Crippen molar-refractivity contribution in [3.63, 3.8) is 0 Å². The summed E-state index contributed by atoms with van der Waals surface area (Å²) in [6.45, 7) is 2.04. The van der Waals surface area contributed by atoms with Gasteiger partial charge in [0.15, 0.2) is 11.5 Å². The van der Waals surface area contributed by atoms with Crippen LogP contribution in [-0.2, 0) is 0 Å². The molecule has 1 atom stereocenters. The van der Waals surface area contributed by atoms with Gasteiger partial charge in [0, 0.05) is 25.2 Å². The third-order valence-corrected chi connectivity index (χ3v) is 4.64. The summed E-state index contributed by atoms with van der Waals surface area (Å²) in [5, 5.41) is 11.4. The smallest absolute Gasteiger partial charge is 0.311 e. The lowest BCUT2D eigenvalue weighted by Gasteiger charge is -2.26. The standard InChI is InChI=1S/C18H19N3O4/c22-21(23)15-4-1-8-19-18(15)20-9-2-5-14(20)13-6-7-16-17(12-13)25-11-3-10-24-16/h1,4,6-8,12,14H,2-3,5,9-11H2/t14-/m1/s1. The van der Waals surface area contributed by atoms with Crippen LogP contribution in [0.25, 0.3) is 0 Å². The Balaban J connectivity index is 1.69. The second-order valence-electron chi connectivity index (χ2n) is 6.21. The SMILES string of the molecule is O=[N+]([O-])c1cccnc1N1CCC[C@@H]1c1ccc2c(c1)OCCCO2. The number of pyridine rings is 1. The average Bonchev–Trinajstić information content (AvgIpc) is 3.00. The van der Waals surface area contributed by atoms with Crippen molar-refractivity contribution in [2.75, 3.05) is 24.7 Å². The summed E-state index contributed by atoms with van der Waals surface area (Å²) in [6, 6.07) is 9.10. The first-order chi connectivity index (χ1) is 12.2. The van der Waals surface area contributed by atoms with E-state index in [1.807, 2.05) is 23.1 Å². The number of nitrogens with zero attached hydrogens (tertiary/aromatic N) is 3. The highest BCUT2D eigenvalue weighted by Gasteiger charge is 2.32. The predicted octanol–water partition coefficient (Wildman–Crippen LogP) is 3.49. The van der Waals surface area contributed by atoms with E-state index in [0.29, 0.717) is 19.0 Å². The summed E-state index contributed by atoms with van der Waals surface area (Å²) < 4.78 is 11.5. The Morgan fingerprint density at radius 3 is 2.84 bits per heavy atom. The molecule has 1 fully saturated rings. The van der Waals surface area contributed by atoms with Gasteiger partial charge >= 0.3 is 5.69 Å². The number of benzene rings is 1. The molecule has 0 radical (unpaired) electrons. The molecule has 0 spiro atoms. The molecule has 130 valence electrons. The fraction of sp³-hybridized carbons (Fsp3) is 0.389. The van der Waals surface area contributed by atoms with Crippen molar-refractivity contribution in [2.45, 2.75) is 25.3 Å². The number of ether oxygens (including phenoxy) is 2. The first kappa shape index (κ1) is 15.7. The molecule has 0 aliphatic carbocycles. The van der Waals surface area contributed by atoms with Crippen LogP contribution in [0.5, 0.6) is 11.5 Å². The number of rotatable bonds is 3. The van der Waals surface area contributed by atoms with Crippen LogP contribution < -0.4 is 14.4 Å². The highest BCUT2D eigenvalue weighted by atomic mass is 16.6. The van der Waals surface area contributed by atoms with Gasteiger partial charge in [-0.05, 0) is 36.6 Å². The summed E-state index contributed by atoms with van der Waals surface area (Å²) in [4.78, 5) is 17.3. The molecule has 2 aliphatic heterocycles. The Bertz CT molecular complexity index is 796. The van der Waals surface area contributed by atoms with Crippen LogP contribution in [0, 0.1) is 10.1 Å². The molecular weight excluding hydrogens is 322 g/mol. The van der Waals surface area contributed by atoms with E-state index in [9.17, 15) is 10.1 Å². The number of fused-ring (bicyclic) bond motifs is 1. The largest absolute Gasteiger partial charge is 0.490 e. The van der Waals surface area contributed by atoms with E-state index in [2.05, 4.69) is 4.98 Å². The maximum atomic E-state index is 11.4. The maximum absolute atomic E-state index is 11.4. The van der Waals surface area contributed by atoms with Crippen LogP contribution in [0.2, 0.25) is 0 Å². The van der Waals surface area contributed by atoms with E-state index >= 15 is 0 Å². The minimum absolute atomic E-state index is 0.0451. The minimum Gasteiger partial charge on any atom is -0.490 e. The van der Waals surface area contributed by atoms with Crippen LogP contribution in [0.1, 0.15) is 30.9 Å². The minimum atomic E-state index is -0.369. The molecule has 25 heavy (non-hydrogen) atoms. The van der Waals surface area contributed by atoms with Gasteiger partial charge in [-0.15, -0.1) is 0 Å². The zero-order valence-corrected chi connectivity index (χ0v) is 13.8. The highest BCUT2D eigenvalue weighted by molar-refractivity contribution is 5.60. The van der Waals surface area contributed by atoms with Crippen molar-refractivity contribution in [2.24, 2.45) is 0 Å². The normalized spacial score (nSPS) is 19.5. The van der Waals surface area contributed by atoms with Crippen LogP contribution >= 0.6 is 0 Å². The predicted molar refractivity (Wildman–Crippen MR) is 92.3 cm³/mol. The van der Waals surface area contributed by atoms with Gasteiger partial charge in [-0.1, -0.05) is 6.07 Å². The fourth-order valence-electron chi connectivity index (χ4n) is 3.51. The number of aromatic nitrogens is 1. The average molecular weight is 341 g/mol. The molecule has 0 amide bonds. The Morgan fingerprint density at radius 1 is 1.16 bits per heavy atom. The van der Waals surface area contributed by atoms with Crippen molar-refractivity contribution >= 4 is 11.5 Å². The monoisotopic (exact) mass is 341 g/mol. The van der Waals surface area contributed by atoms with Gasteiger partial charge < -0.3 is 14.4 Å². The molecule has 7 nitrogen and oxygen atoms in total. The lowest BCUT2D eigenvalue weighted by molar-refractivity contribution is -0.384. The van der Waals surface area contributed by atoms with Gasteiger partial charge in [-0.2, -0.15) is 0 Å². The zero-order valence-electron chi connectivity index (χ0n) is 13.8. The zero-order chi connectivity index (χ0) is 17.2. The van der Waals surface area contributed by atoms with Gasteiger partial charge in [0.2, 0.25) is 5.82 Å². The second-order valence-corrected chi connectivity index (χ2v) is 6.21. The molecule has 0 saturated carbocycles. The van der Waals surface area contributed by atoms with E-state index < -0.39 is 0 Å². The molecule has 0 unspecified atom stereocenters. The van der Waals surface area contributed by atoms with Gasteiger partial charge in [0.05, 0.1) is 24.2 Å². The summed E-state index contributed by atoms with van der Waals surface area (Å²) in [5.41, 5.74) is 1.12. The van der Waals surface area contributed by atoms with Gasteiger partial charge in [0.1, 0.15) is 0 Å². The molecule has 4 rings (SSSR count). The lowest BCUT2D eigenvalue weighted by Crippen LogP contribution is -2.24. The quantitative estimate of drug-likeness (QED) is 0.628. The molecule has 2 aromatic rings. The number of hydrogen-bond donors (Lipinski definition) is 0. The first-order valence-electron chi connectivity index (χ1n) is 8.49. The number of hydrogen-bond acceptors (Lipinski definition) is 6. The van der Waals surface area contributed by atoms with Crippen molar-refractivity contribution in [3.8, 4) is 11.5 Å². The fourth-order valence-corrected chi connectivity index (χ4v) is 3.51. The van der Waals surface area contributed by atoms with Gasteiger partial charge in [-0.3, -0.25) is 10.1 Å². The van der Waals surface area contributed by atoms with E-state index in [1.165, 1.54) is 6.07 Å². The Morgan fingerprint density at radius 2 is 2.00 bits per heavy atom. The topological polar surface area (TPSA) is 77.7 Å². The first-order valence-corrected chi connectivity index (χ1v) is 8.49. The Kier molecular flexibility index (Phi) is 4.13. The molecule has 7 heteroatoms. The molecule has 1 saturated heterocycles. The van der Waals surface area contributed by atoms with E-state index in [4.69, 9.17) is 9.47 Å². The lowest BCUT2D eigenvalue weighted by atomic mass is 10.0. The van der Waals surface area contributed by atoms with E-state index in [-0.39, 0.29) is 16.7 Å². The Hall–Kier alpha value is -2.83. The van der Waals surface area contributed by atoms with Crippen molar-refractivity contribution in [3.05, 3.63) is 52.2 Å². The molecule has 1 aromatic heterocycles. The molecule has 0 N–H and O–H groups in total. The maximum Gasteiger partial charge on any atom is 0.311 e. The van der Waals surface area contributed by atoms with Gasteiger partial charge in [0.25, 0.3) is 0 Å². The highest BCUT2D eigenvalue weighted by Crippen LogP contribution is 2.41. The molecule has 1 aromatic carbocycles. The van der Waals surface area contributed by atoms with Crippen LogP contribution in [0.15, 0.2) is 36.5 Å². The summed E-state index contributed by atoms with van der Waals surface area (Å²) in [7, 11) is 0. The van der Waals surface area contributed by atoms with Crippen LogP contribution in [0.3, 0.4) is 0 Å². The van der Waals surface area contributed by atoms with Crippen LogP contribution in [-0.4, -0.2) is 29.7 Å².